The van der Waals surface area contributed by atoms with Crippen molar-refractivity contribution in [2.45, 2.75) is 131 Å². The first-order valence-electron chi connectivity index (χ1n) is 14.1. The van der Waals surface area contributed by atoms with E-state index in [1.165, 1.54) is 0 Å². The predicted octanol–water partition coefficient (Wildman–Crippen LogP) is 4.73. The Labute approximate surface area is 221 Å². The quantitative estimate of drug-likeness (QED) is 0.212. The van der Waals surface area contributed by atoms with E-state index in [2.05, 4.69) is 37.9 Å². The van der Waals surface area contributed by atoms with E-state index < -0.39 is 12.3 Å². The first-order valence-corrected chi connectivity index (χ1v) is 14.1. The number of nitrogens with zero attached hydrogens (tertiary/aromatic N) is 2. The van der Waals surface area contributed by atoms with Gasteiger partial charge in [0.1, 0.15) is 6.23 Å². The SMILES string of the molecule is CCCCC(C)N1CCCCC1C(=O)NC(C(O)N(C)C(/C=C(\C)C(=O)OCC)C(C)C)C(C)(C)C. The van der Waals surface area contributed by atoms with E-state index in [1.807, 2.05) is 38.8 Å². The molecule has 7 heteroatoms. The Hall–Kier alpha value is -1.44. The first kappa shape index (κ1) is 32.6. The molecule has 1 saturated heterocycles. The summed E-state index contributed by atoms with van der Waals surface area (Å²) in [5.41, 5.74) is 0.141. The standard InChI is InChI=1S/C29H55N3O4/c1-11-13-16-22(6)32-18-15-14-17-23(32)26(33)30-25(29(7,8)9)27(34)31(10)24(20(3)4)19-21(5)28(35)36-12-2/h19-20,22-25,27,34H,11-18H2,1-10H3,(H,30,33)/b21-19+. The molecule has 0 bridgehead atoms. The van der Waals surface area contributed by atoms with Crippen LogP contribution in [0.3, 0.4) is 0 Å². The highest BCUT2D eigenvalue weighted by Crippen LogP contribution is 2.28. The zero-order valence-corrected chi connectivity index (χ0v) is 24.8. The summed E-state index contributed by atoms with van der Waals surface area (Å²) in [6.07, 6.45) is 7.36. The van der Waals surface area contributed by atoms with Crippen LogP contribution in [-0.4, -0.2) is 77.4 Å². The summed E-state index contributed by atoms with van der Waals surface area (Å²) in [5, 5.41) is 14.8. The van der Waals surface area contributed by atoms with Crippen LogP contribution in [0.15, 0.2) is 11.6 Å². The lowest BCUT2D eigenvalue weighted by molar-refractivity contribution is -0.138. The Morgan fingerprint density at radius 2 is 1.83 bits per heavy atom. The minimum absolute atomic E-state index is 0.00441. The molecule has 0 aromatic carbocycles. The van der Waals surface area contributed by atoms with Gasteiger partial charge < -0.3 is 15.2 Å². The molecule has 1 aliphatic rings. The fourth-order valence-electron chi connectivity index (χ4n) is 5.18. The molecule has 1 amide bonds. The molecule has 1 fully saturated rings. The number of piperidine rings is 1. The third kappa shape index (κ3) is 9.46. The number of likely N-dealkylation sites (tertiary alicyclic amines) is 1. The summed E-state index contributed by atoms with van der Waals surface area (Å²) in [4.78, 5) is 30.1. The highest BCUT2D eigenvalue weighted by atomic mass is 16.5. The van der Waals surface area contributed by atoms with Gasteiger partial charge in [0.25, 0.3) is 0 Å². The van der Waals surface area contributed by atoms with Crippen molar-refractivity contribution in [1.29, 1.82) is 0 Å². The number of ether oxygens (including phenoxy) is 1. The van der Waals surface area contributed by atoms with Crippen LogP contribution < -0.4 is 5.32 Å². The number of hydrogen-bond donors (Lipinski definition) is 2. The Morgan fingerprint density at radius 1 is 1.19 bits per heavy atom. The average molecular weight is 510 g/mol. The lowest BCUT2D eigenvalue weighted by atomic mass is 9.84. The van der Waals surface area contributed by atoms with Crippen LogP contribution in [0.5, 0.6) is 0 Å². The van der Waals surface area contributed by atoms with Gasteiger partial charge in [-0.1, -0.05) is 66.9 Å². The molecule has 0 radical (unpaired) electrons. The van der Waals surface area contributed by atoms with Crippen LogP contribution in [0.2, 0.25) is 0 Å². The number of amides is 1. The van der Waals surface area contributed by atoms with Crippen molar-refractivity contribution < 1.29 is 19.4 Å². The van der Waals surface area contributed by atoms with E-state index in [0.29, 0.717) is 18.2 Å². The molecular weight excluding hydrogens is 454 g/mol. The van der Waals surface area contributed by atoms with Crippen molar-refractivity contribution in [3.8, 4) is 0 Å². The van der Waals surface area contributed by atoms with Gasteiger partial charge in [-0.2, -0.15) is 0 Å². The summed E-state index contributed by atoms with van der Waals surface area (Å²) in [5.74, 6) is -0.204. The van der Waals surface area contributed by atoms with E-state index in [-0.39, 0.29) is 35.3 Å². The number of aliphatic hydroxyl groups is 1. The molecule has 5 unspecified atom stereocenters. The van der Waals surface area contributed by atoms with Crippen LogP contribution in [0.4, 0.5) is 0 Å². The highest BCUT2D eigenvalue weighted by molar-refractivity contribution is 5.87. The summed E-state index contributed by atoms with van der Waals surface area (Å²) >= 11 is 0. The summed E-state index contributed by atoms with van der Waals surface area (Å²) in [6, 6.07) is -0.489. The van der Waals surface area contributed by atoms with Crippen molar-refractivity contribution >= 4 is 11.9 Å². The molecule has 2 N–H and O–H groups in total. The second kappa shape index (κ2) is 15.1. The number of carbonyl (C=O) groups excluding carboxylic acids is 2. The van der Waals surface area contributed by atoms with Crippen LogP contribution in [0, 0.1) is 11.3 Å². The van der Waals surface area contributed by atoms with Gasteiger partial charge in [-0.25, -0.2) is 4.79 Å². The smallest absolute Gasteiger partial charge is 0.333 e. The van der Waals surface area contributed by atoms with Crippen LogP contribution in [0.1, 0.15) is 101 Å². The molecule has 5 atom stereocenters. The molecule has 0 saturated carbocycles. The van der Waals surface area contributed by atoms with Gasteiger partial charge in [-0.05, 0) is 65.0 Å². The maximum absolute atomic E-state index is 13.7. The molecule has 36 heavy (non-hydrogen) atoms. The third-order valence-corrected chi connectivity index (χ3v) is 7.51. The second-order valence-electron chi connectivity index (χ2n) is 12.0. The Kier molecular flexibility index (Phi) is 13.7. The van der Waals surface area contributed by atoms with Gasteiger partial charge in [0, 0.05) is 17.7 Å². The molecular formula is C29H55N3O4. The molecule has 0 aromatic rings. The number of likely N-dealkylation sites (N-methyl/N-ethyl adjacent to an activating group) is 1. The van der Waals surface area contributed by atoms with E-state index in [1.54, 1.807) is 13.8 Å². The molecule has 1 heterocycles. The van der Waals surface area contributed by atoms with E-state index in [4.69, 9.17) is 4.74 Å². The summed E-state index contributed by atoms with van der Waals surface area (Å²) in [7, 11) is 1.86. The summed E-state index contributed by atoms with van der Waals surface area (Å²) in [6.45, 7) is 19.5. The minimum Gasteiger partial charge on any atom is -0.463 e. The van der Waals surface area contributed by atoms with Crippen molar-refractivity contribution in [2.24, 2.45) is 11.3 Å². The number of aliphatic hydroxyl groups excluding tert-OH is 1. The van der Waals surface area contributed by atoms with Crippen molar-refractivity contribution in [3.63, 3.8) is 0 Å². The fourth-order valence-corrected chi connectivity index (χ4v) is 5.18. The number of carbonyl (C=O) groups is 2. The van der Waals surface area contributed by atoms with Gasteiger partial charge in [-0.15, -0.1) is 0 Å². The fraction of sp³-hybridized carbons (Fsp3) is 0.862. The third-order valence-electron chi connectivity index (χ3n) is 7.51. The number of hydrogen-bond acceptors (Lipinski definition) is 6. The normalized spacial score (nSPS) is 21.2. The molecule has 7 nitrogen and oxygen atoms in total. The second-order valence-corrected chi connectivity index (χ2v) is 12.0. The number of esters is 1. The number of nitrogens with one attached hydrogen (secondary N) is 1. The monoisotopic (exact) mass is 509 g/mol. The van der Waals surface area contributed by atoms with Crippen molar-refractivity contribution in [1.82, 2.24) is 15.1 Å². The summed E-state index contributed by atoms with van der Waals surface area (Å²) < 4.78 is 5.15. The van der Waals surface area contributed by atoms with Crippen LogP contribution in [0.25, 0.3) is 0 Å². The van der Waals surface area contributed by atoms with Crippen molar-refractivity contribution in [2.75, 3.05) is 20.2 Å². The molecule has 0 aromatic heterocycles. The lowest BCUT2D eigenvalue weighted by Gasteiger charge is -2.44. The topological polar surface area (TPSA) is 82.1 Å². The van der Waals surface area contributed by atoms with E-state index in [9.17, 15) is 14.7 Å². The van der Waals surface area contributed by atoms with Gasteiger partial charge >= 0.3 is 5.97 Å². The average Bonchev–Trinajstić information content (AvgIpc) is 2.82. The first-order chi connectivity index (χ1) is 16.8. The lowest BCUT2D eigenvalue weighted by Crippen LogP contribution is -2.62. The van der Waals surface area contributed by atoms with Crippen molar-refractivity contribution in [3.05, 3.63) is 11.6 Å². The minimum atomic E-state index is -0.929. The molecule has 1 rings (SSSR count). The van der Waals surface area contributed by atoms with Gasteiger partial charge in [0.2, 0.25) is 5.91 Å². The van der Waals surface area contributed by atoms with Crippen LogP contribution in [-0.2, 0) is 14.3 Å². The van der Waals surface area contributed by atoms with Gasteiger partial charge in [0.15, 0.2) is 0 Å². The molecule has 1 aliphatic heterocycles. The molecule has 0 spiro atoms. The molecule has 0 aliphatic carbocycles. The van der Waals surface area contributed by atoms with Gasteiger partial charge in [-0.3, -0.25) is 14.6 Å². The molecule has 210 valence electrons. The maximum Gasteiger partial charge on any atom is 0.333 e. The van der Waals surface area contributed by atoms with E-state index in [0.717, 1.165) is 45.1 Å². The predicted molar refractivity (Wildman–Crippen MR) is 148 cm³/mol. The zero-order valence-electron chi connectivity index (χ0n) is 24.8. The number of unbranched alkanes of at least 4 members (excludes halogenated alkanes) is 1. The Morgan fingerprint density at radius 3 is 2.36 bits per heavy atom. The Balaban J connectivity index is 3.14. The zero-order chi connectivity index (χ0) is 27.6. The van der Waals surface area contributed by atoms with Crippen LogP contribution >= 0.6 is 0 Å². The van der Waals surface area contributed by atoms with E-state index >= 15 is 0 Å². The Bertz CT molecular complexity index is 716. The maximum atomic E-state index is 13.7. The van der Waals surface area contributed by atoms with Gasteiger partial charge in [0.05, 0.1) is 18.7 Å². The number of rotatable bonds is 13. The highest BCUT2D eigenvalue weighted by Gasteiger charge is 2.40. The largest absolute Gasteiger partial charge is 0.463 e.